The van der Waals surface area contributed by atoms with Crippen LogP contribution in [0.4, 0.5) is 0 Å². The molecular weight excluding hydrogens is 320 g/mol. The van der Waals surface area contributed by atoms with Crippen molar-refractivity contribution in [1.82, 2.24) is 10.2 Å². The minimum absolute atomic E-state index is 0.00847. The van der Waals surface area contributed by atoms with Crippen LogP contribution in [0.1, 0.15) is 47.1 Å². The highest BCUT2D eigenvalue weighted by Crippen LogP contribution is 2.26. The van der Waals surface area contributed by atoms with E-state index in [-0.39, 0.29) is 17.9 Å². The van der Waals surface area contributed by atoms with E-state index in [1.54, 1.807) is 16.2 Å². The lowest BCUT2D eigenvalue weighted by atomic mass is 10.0. The van der Waals surface area contributed by atoms with Crippen molar-refractivity contribution in [3.63, 3.8) is 0 Å². The molecule has 24 heavy (non-hydrogen) atoms. The van der Waals surface area contributed by atoms with Crippen LogP contribution in [-0.2, 0) is 11.3 Å². The first-order valence-electron chi connectivity index (χ1n) is 8.26. The lowest BCUT2D eigenvalue weighted by Gasteiger charge is -2.22. The Morgan fingerprint density at radius 1 is 1.25 bits per heavy atom. The average Bonchev–Trinajstić information content (AvgIpc) is 3.19. The monoisotopic (exact) mass is 342 g/mol. The molecule has 0 aliphatic carbocycles. The van der Waals surface area contributed by atoms with Gasteiger partial charge in [-0.1, -0.05) is 38.1 Å². The summed E-state index contributed by atoms with van der Waals surface area (Å²) in [6.07, 6.45) is 0.328. The molecule has 1 aromatic carbocycles. The quantitative estimate of drug-likeness (QED) is 0.872. The van der Waals surface area contributed by atoms with Gasteiger partial charge in [0.1, 0.15) is 0 Å². The predicted molar refractivity (Wildman–Crippen MR) is 95.8 cm³/mol. The number of carbonyl (C=O) groups excluding carboxylic acids is 2. The Morgan fingerprint density at radius 2 is 2.04 bits per heavy atom. The molecule has 1 aliphatic rings. The van der Waals surface area contributed by atoms with E-state index in [2.05, 4.69) is 25.2 Å². The summed E-state index contributed by atoms with van der Waals surface area (Å²) >= 11 is 1.66. The highest BCUT2D eigenvalue weighted by Gasteiger charge is 2.27. The second-order valence-corrected chi connectivity index (χ2v) is 7.42. The van der Waals surface area contributed by atoms with Crippen molar-refractivity contribution in [1.29, 1.82) is 0 Å². The molecule has 1 atom stereocenters. The van der Waals surface area contributed by atoms with E-state index in [0.29, 0.717) is 25.4 Å². The van der Waals surface area contributed by atoms with Gasteiger partial charge < -0.3 is 10.2 Å². The zero-order valence-electron chi connectivity index (χ0n) is 14.0. The second kappa shape index (κ2) is 7.18. The lowest BCUT2D eigenvalue weighted by molar-refractivity contribution is -0.122. The number of carbonyl (C=O) groups is 2. The van der Waals surface area contributed by atoms with Gasteiger partial charge in [0.05, 0.1) is 6.04 Å². The maximum atomic E-state index is 12.3. The number of nitrogens with zero attached hydrogens (tertiary/aromatic N) is 1. The fourth-order valence-electron chi connectivity index (χ4n) is 3.01. The number of nitrogens with one attached hydrogen (secondary N) is 1. The third-order valence-electron chi connectivity index (χ3n) is 4.34. The van der Waals surface area contributed by atoms with E-state index in [1.165, 1.54) is 4.88 Å². The highest BCUT2D eigenvalue weighted by atomic mass is 32.1. The molecule has 2 heterocycles. The molecule has 5 heteroatoms. The van der Waals surface area contributed by atoms with E-state index in [9.17, 15) is 9.59 Å². The molecule has 0 saturated heterocycles. The van der Waals surface area contributed by atoms with Gasteiger partial charge in [0.25, 0.3) is 5.91 Å². The molecule has 0 radical (unpaired) electrons. The standard InChI is InChI=1S/C19H22N2O2S/c1-13(2)18(16-8-5-11-24-16)20-17(22)9-10-21-12-14-6-3-4-7-15(14)19(21)23/h3-8,11,13,18H,9-10,12H2,1-2H3,(H,20,22)/t18-/m1/s1. The SMILES string of the molecule is CC(C)[C@@H](NC(=O)CCN1Cc2ccccc2C1=O)c1cccs1. The number of hydrogen-bond acceptors (Lipinski definition) is 3. The number of hydrogen-bond donors (Lipinski definition) is 1. The van der Waals surface area contributed by atoms with Crippen molar-refractivity contribution >= 4 is 23.2 Å². The van der Waals surface area contributed by atoms with Crippen molar-refractivity contribution in [2.24, 2.45) is 5.92 Å². The lowest BCUT2D eigenvalue weighted by Crippen LogP contribution is -2.34. The minimum atomic E-state index is -0.00847. The fraction of sp³-hybridized carbons (Fsp3) is 0.368. The van der Waals surface area contributed by atoms with Crippen LogP contribution in [0.15, 0.2) is 41.8 Å². The van der Waals surface area contributed by atoms with E-state index in [0.717, 1.165) is 11.1 Å². The Morgan fingerprint density at radius 3 is 2.71 bits per heavy atom. The molecule has 126 valence electrons. The van der Waals surface area contributed by atoms with E-state index < -0.39 is 0 Å². The first-order valence-corrected chi connectivity index (χ1v) is 9.14. The fourth-order valence-corrected chi connectivity index (χ4v) is 3.96. The number of rotatable bonds is 6. The van der Waals surface area contributed by atoms with E-state index in [4.69, 9.17) is 0 Å². The molecule has 0 saturated carbocycles. The van der Waals surface area contributed by atoms with Crippen molar-refractivity contribution in [3.05, 3.63) is 57.8 Å². The Bertz CT molecular complexity index is 725. The third kappa shape index (κ3) is 3.51. The van der Waals surface area contributed by atoms with Crippen LogP contribution in [-0.4, -0.2) is 23.3 Å². The summed E-state index contributed by atoms with van der Waals surface area (Å²) in [4.78, 5) is 27.6. The predicted octanol–water partition coefficient (Wildman–Crippen LogP) is 3.61. The summed E-state index contributed by atoms with van der Waals surface area (Å²) in [6.45, 7) is 5.26. The summed E-state index contributed by atoms with van der Waals surface area (Å²) in [7, 11) is 0. The van der Waals surface area contributed by atoms with Gasteiger partial charge in [0.15, 0.2) is 0 Å². The first-order chi connectivity index (χ1) is 11.6. The summed E-state index contributed by atoms with van der Waals surface area (Å²) in [5, 5.41) is 5.14. The first kappa shape index (κ1) is 16.7. The van der Waals surface area contributed by atoms with Crippen LogP contribution >= 0.6 is 11.3 Å². The summed E-state index contributed by atoms with van der Waals surface area (Å²) < 4.78 is 0. The molecule has 1 aromatic heterocycles. The Balaban J connectivity index is 1.56. The molecule has 1 N–H and O–H groups in total. The number of benzene rings is 1. The van der Waals surface area contributed by atoms with Gasteiger partial charge in [-0.3, -0.25) is 9.59 Å². The van der Waals surface area contributed by atoms with Gasteiger partial charge in [0, 0.05) is 30.0 Å². The molecular formula is C19H22N2O2S. The van der Waals surface area contributed by atoms with Gasteiger partial charge in [0.2, 0.25) is 5.91 Å². The second-order valence-electron chi connectivity index (χ2n) is 6.44. The van der Waals surface area contributed by atoms with Gasteiger partial charge in [-0.2, -0.15) is 0 Å². The van der Waals surface area contributed by atoms with Crippen LogP contribution in [0.25, 0.3) is 0 Å². The molecule has 0 unspecified atom stereocenters. The topological polar surface area (TPSA) is 49.4 Å². The summed E-state index contributed by atoms with van der Waals surface area (Å²) in [5.41, 5.74) is 1.80. The van der Waals surface area contributed by atoms with Crippen molar-refractivity contribution in [2.45, 2.75) is 32.9 Å². The van der Waals surface area contributed by atoms with Crippen LogP contribution < -0.4 is 5.32 Å². The van der Waals surface area contributed by atoms with Crippen molar-refractivity contribution < 1.29 is 9.59 Å². The van der Waals surface area contributed by atoms with Gasteiger partial charge >= 0.3 is 0 Å². The maximum Gasteiger partial charge on any atom is 0.254 e. The number of amides is 2. The molecule has 3 rings (SSSR count). The smallest absolute Gasteiger partial charge is 0.254 e. The number of fused-ring (bicyclic) bond motifs is 1. The van der Waals surface area contributed by atoms with Gasteiger partial charge in [-0.25, -0.2) is 0 Å². The Labute approximate surface area is 146 Å². The van der Waals surface area contributed by atoms with Crippen LogP contribution in [0.5, 0.6) is 0 Å². The number of thiophene rings is 1. The average molecular weight is 342 g/mol. The highest BCUT2D eigenvalue weighted by molar-refractivity contribution is 7.10. The van der Waals surface area contributed by atoms with E-state index in [1.807, 2.05) is 35.7 Å². The normalized spacial score (nSPS) is 14.8. The summed E-state index contributed by atoms with van der Waals surface area (Å²) in [5.74, 6) is 0.341. The largest absolute Gasteiger partial charge is 0.348 e. The van der Waals surface area contributed by atoms with Crippen LogP contribution in [0.3, 0.4) is 0 Å². The molecule has 2 aromatic rings. The summed E-state index contributed by atoms with van der Waals surface area (Å²) in [6, 6.07) is 11.7. The van der Waals surface area contributed by atoms with Gasteiger partial charge in [-0.05, 0) is 29.0 Å². The minimum Gasteiger partial charge on any atom is -0.348 e. The Kier molecular flexibility index (Phi) is 5.00. The molecule has 2 amide bonds. The maximum absolute atomic E-state index is 12.3. The molecule has 1 aliphatic heterocycles. The zero-order valence-corrected chi connectivity index (χ0v) is 14.8. The van der Waals surface area contributed by atoms with Gasteiger partial charge in [-0.15, -0.1) is 11.3 Å². The van der Waals surface area contributed by atoms with Crippen molar-refractivity contribution in [2.75, 3.05) is 6.54 Å². The molecule has 0 fully saturated rings. The van der Waals surface area contributed by atoms with E-state index >= 15 is 0 Å². The zero-order chi connectivity index (χ0) is 17.1. The molecule has 4 nitrogen and oxygen atoms in total. The molecule has 0 spiro atoms. The molecule has 0 bridgehead atoms. The van der Waals surface area contributed by atoms with Crippen molar-refractivity contribution in [3.8, 4) is 0 Å². The van der Waals surface area contributed by atoms with Crippen LogP contribution in [0, 0.1) is 5.92 Å². The van der Waals surface area contributed by atoms with Crippen LogP contribution in [0.2, 0.25) is 0 Å². The third-order valence-corrected chi connectivity index (χ3v) is 5.29. The Hall–Kier alpha value is -2.14.